The molecule has 0 aromatic carbocycles. The summed E-state index contributed by atoms with van der Waals surface area (Å²) in [6.45, 7) is 4.19. The van der Waals surface area contributed by atoms with Crippen molar-refractivity contribution >= 4 is 23.6 Å². The number of hydrogen-bond donors (Lipinski definition) is 1. The summed E-state index contributed by atoms with van der Waals surface area (Å²) in [7, 11) is 0. The molecule has 1 aliphatic rings. The van der Waals surface area contributed by atoms with Crippen LogP contribution in [0.3, 0.4) is 0 Å². The number of aryl methyl sites for hydroxylation is 2. The molecule has 6 nitrogen and oxygen atoms in total. The first-order valence-corrected chi connectivity index (χ1v) is 8.08. The topological polar surface area (TPSA) is 83.4 Å². The smallest absolute Gasteiger partial charge is 0.305 e. The van der Waals surface area contributed by atoms with Gasteiger partial charge in [-0.15, -0.1) is 11.8 Å². The molecule has 0 bridgehead atoms. The second-order valence-electron chi connectivity index (χ2n) is 5.13. The van der Waals surface area contributed by atoms with Gasteiger partial charge in [0.05, 0.1) is 17.7 Å². The molecule has 0 spiro atoms. The summed E-state index contributed by atoms with van der Waals surface area (Å²) in [6, 6.07) is -0.231. The van der Waals surface area contributed by atoms with Gasteiger partial charge in [-0.25, -0.2) is 9.97 Å². The fraction of sp³-hybridized carbons (Fsp3) is 0.571. The lowest BCUT2D eigenvalue weighted by molar-refractivity contribution is -0.137. The van der Waals surface area contributed by atoms with Gasteiger partial charge in [-0.3, -0.25) is 9.59 Å². The zero-order valence-electron chi connectivity index (χ0n) is 12.4. The van der Waals surface area contributed by atoms with Crippen LogP contribution in [0.25, 0.3) is 0 Å². The van der Waals surface area contributed by atoms with E-state index in [4.69, 9.17) is 5.11 Å². The monoisotopic (exact) mass is 309 g/mol. The first-order chi connectivity index (χ1) is 9.93. The molecule has 7 heteroatoms. The van der Waals surface area contributed by atoms with E-state index in [1.165, 1.54) is 11.8 Å². The molecule has 1 saturated heterocycles. The average molecular weight is 309 g/mol. The van der Waals surface area contributed by atoms with Gasteiger partial charge in [0.25, 0.3) is 5.91 Å². The molecule has 0 saturated carbocycles. The Morgan fingerprint density at radius 3 is 2.71 bits per heavy atom. The molecule has 2 heterocycles. The van der Waals surface area contributed by atoms with Crippen molar-refractivity contribution in [1.29, 1.82) is 0 Å². The van der Waals surface area contributed by atoms with Crippen molar-refractivity contribution in [3.8, 4) is 0 Å². The quantitative estimate of drug-likeness (QED) is 0.675. The molecule has 1 aromatic rings. The minimum atomic E-state index is -0.873. The van der Waals surface area contributed by atoms with Crippen LogP contribution in [0.15, 0.2) is 5.03 Å². The maximum Gasteiger partial charge on any atom is 0.305 e. The van der Waals surface area contributed by atoms with E-state index in [0.717, 1.165) is 12.8 Å². The Bertz CT molecular complexity index is 577. The second kappa shape index (κ2) is 6.43. The molecule has 0 radical (unpaired) electrons. The lowest BCUT2D eigenvalue weighted by atomic mass is 10.1. The van der Waals surface area contributed by atoms with Crippen molar-refractivity contribution in [2.45, 2.75) is 44.2 Å². The van der Waals surface area contributed by atoms with Crippen molar-refractivity contribution in [3.63, 3.8) is 0 Å². The summed E-state index contributed by atoms with van der Waals surface area (Å²) in [5.41, 5.74) is 1.16. The number of aliphatic carboxylic acids is 1. The van der Waals surface area contributed by atoms with Crippen LogP contribution in [-0.4, -0.2) is 50.7 Å². The number of carboxylic acids is 1. The highest BCUT2D eigenvalue weighted by Crippen LogP contribution is 2.27. The van der Waals surface area contributed by atoms with Gasteiger partial charge in [-0.1, -0.05) is 0 Å². The van der Waals surface area contributed by atoms with Gasteiger partial charge in [-0.2, -0.15) is 0 Å². The molecule has 1 fully saturated rings. The fourth-order valence-corrected chi connectivity index (χ4v) is 3.40. The SMILES string of the molecule is CSc1nc(C)nc(C)c1C(=O)N1CCCC1CC(=O)O. The molecular formula is C14H19N3O3S. The molecule has 114 valence electrons. The molecule has 0 aliphatic carbocycles. The van der Waals surface area contributed by atoms with E-state index >= 15 is 0 Å². The van der Waals surface area contributed by atoms with Crippen molar-refractivity contribution < 1.29 is 14.7 Å². The van der Waals surface area contributed by atoms with Crippen LogP contribution < -0.4 is 0 Å². The number of carbonyl (C=O) groups is 2. The van der Waals surface area contributed by atoms with E-state index in [2.05, 4.69) is 9.97 Å². The summed E-state index contributed by atoms with van der Waals surface area (Å²) in [5.74, 6) is -0.390. The first-order valence-electron chi connectivity index (χ1n) is 6.86. The Hall–Kier alpha value is -1.63. The number of thioether (sulfide) groups is 1. The van der Waals surface area contributed by atoms with Crippen molar-refractivity contribution in [2.24, 2.45) is 0 Å². The molecule has 1 atom stereocenters. The molecule has 21 heavy (non-hydrogen) atoms. The lowest BCUT2D eigenvalue weighted by Gasteiger charge is -2.24. The number of rotatable bonds is 4. The Morgan fingerprint density at radius 1 is 1.38 bits per heavy atom. The molecule has 1 unspecified atom stereocenters. The highest BCUT2D eigenvalue weighted by atomic mass is 32.2. The average Bonchev–Trinajstić information content (AvgIpc) is 2.84. The number of hydrogen-bond acceptors (Lipinski definition) is 5. The summed E-state index contributed by atoms with van der Waals surface area (Å²) in [6.07, 6.45) is 3.44. The third-order valence-corrected chi connectivity index (χ3v) is 4.31. The van der Waals surface area contributed by atoms with Crippen LogP contribution in [0.4, 0.5) is 0 Å². The predicted molar refractivity (Wildman–Crippen MR) is 79.6 cm³/mol. The van der Waals surface area contributed by atoms with Crippen molar-refractivity contribution in [2.75, 3.05) is 12.8 Å². The fourth-order valence-electron chi connectivity index (χ4n) is 2.74. The number of nitrogens with zero attached hydrogens (tertiary/aromatic N) is 3. The first kappa shape index (κ1) is 15.8. The molecule has 1 aromatic heterocycles. The normalized spacial score (nSPS) is 18.0. The zero-order chi connectivity index (χ0) is 15.6. The van der Waals surface area contributed by atoms with Gasteiger partial charge in [0.2, 0.25) is 0 Å². The van der Waals surface area contributed by atoms with Crippen molar-refractivity contribution in [1.82, 2.24) is 14.9 Å². The summed E-state index contributed by atoms with van der Waals surface area (Å²) >= 11 is 1.41. The minimum Gasteiger partial charge on any atom is -0.481 e. The summed E-state index contributed by atoms with van der Waals surface area (Å²) in [4.78, 5) is 34.0. The van der Waals surface area contributed by atoms with Crippen LogP contribution in [0.2, 0.25) is 0 Å². The summed E-state index contributed by atoms with van der Waals surface area (Å²) < 4.78 is 0. The number of aromatic nitrogens is 2. The van der Waals surface area contributed by atoms with Gasteiger partial charge < -0.3 is 10.0 Å². The Balaban J connectivity index is 2.33. The van der Waals surface area contributed by atoms with Crippen LogP contribution >= 0.6 is 11.8 Å². The van der Waals surface area contributed by atoms with Crippen molar-refractivity contribution in [3.05, 3.63) is 17.1 Å². The number of likely N-dealkylation sites (tertiary alicyclic amines) is 1. The van der Waals surface area contributed by atoms with Gasteiger partial charge >= 0.3 is 5.97 Å². The second-order valence-corrected chi connectivity index (χ2v) is 5.93. The van der Waals surface area contributed by atoms with Gasteiger partial charge in [0.15, 0.2) is 0 Å². The van der Waals surface area contributed by atoms with Gasteiger partial charge in [0, 0.05) is 12.6 Å². The highest BCUT2D eigenvalue weighted by Gasteiger charge is 2.33. The van der Waals surface area contributed by atoms with E-state index < -0.39 is 5.97 Å². The molecule has 2 rings (SSSR count). The van der Waals surface area contributed by atoms with E-state index in [0.29, 0.717) is 28.7 Å². The van der Waals surface area contributed by atoms with E-state index in [9.17, 15) is 9.59 Å². The summed E-state index contributed by atoms with van der Waals surface area (Å²) in [5, 5.41) is 9.63. The van der Waals surface area contributed by atoms with Crippen LogP contribution in [0, 0.1) is 13.8 Å². The van der Waals surface area contributed by atoms with Crippen LogP contribution in [0.5, 0.6) is 0 Å². The van der Waals surface area contributed by atoms with Crippen LogP contribution in [0.1, 0.15) is 41.1 Å². The highest BCUT2D eigenvalue weighted by molar-refractivity contribution is 7.98. The minimum absolute atomic E-state index is 0.00783. The van der Waals surface area contributed by atoms with Crippen LogP contribution in [-0.2, 0) is 4.79 Å². The molecule has 1 aliphatic heterocycles. The molecule has 1 N–H and O–H groups in total. The zero-order valence-corrected chi connectivity index (χ0v) is 13.2. The number of carboxylic acid groups (broad SMARTS) is 1. The third kappa shape index (κ3) is 3.34. The lowest BCUT2D eigenvalue weighted by Crippen LogP contribution is -2.37. The van der Waals surface area contributed by atoms with Gasteiger partial charge in [0.1, 0.15) is 10.9 Å². The van der Waals surface area contributed by atoms with E-state index in [-0.39, 0.29) is 18.4 Å². The maximum atomic E-state index is 12.8. The standard InChI is InChI=1S/C14H19N3O3S/c1-8-12(13(21-3)16-9(2)15-8)14(20)17-6-4-5-10(17)7-11(18)19/h10H,4-7H2,1-3H3,(H,18,19). The van der Waals surface area contributed by atoms with E-state index in [1.807, 2.05) is 6.26 Å². The number of carbonyl (C=O) groups excluding carboxylic acids is 1. The Labute approximate surface area is 128 Å². The largest absolute Gasteiger partial charge is 0.481 e. The molecular weight excluding hydrogens is 290 g/mol. The number of amides is 1. The Kier molecular flexibility index (Phi) is 4.82. The van der Waals surface area contributed by atoms with Gasteiger partial charge in [-0.05, 0) is 32.9 Å². The molecule has 1 amide bonds. The Morgan fingerprint density at radius 2 is 2.10 bits per heavy atom. The third-order valence-electron chi connectivity index (χ3n) is 3.62. The maximum absolute atomic E-state index is 12.8. The van der Waals surface area contributed by atoms with E-state index in [1.54, 1.807) is 18.7 Å². The predicted octanol–water partition coefficient (Wildman–Crippen LogP) is 1.89.